The molecule has 2 aromatic rings. The zero-order chi connectivity index (χ0) is 14.5. The van der Waals surface area contributed by atoms with Crippen molar-refractivity contribution in [1.29, 1.82) is 0 Å². The number of benzene rings is 2. The molecule has 1 unspecified atom stereocenters. The Kier molecular flexibility index (Phi) is 5.82. The molecule has 0 aliphatic carbocycles. The van der Waals surface area contributed by atoms with E-state index in [4.69, 9.17) is 0 Å². The Labute approximate surface area is 138 Å². The third kappa shape index (κ3) is 4.18. The summed E-state index contributed by atoms with van der Waals surface area (Å²) < 4.78 is 2.18. The van der Waals surface area contributed by atoms with Crippen molar-refractivity contribution >= 4 is 31.9 Å². The molecule has 1 N–H and O–H groups in total. The van der Waals surface area contributed by atoms with Crippen molar-refractivity contribution < 1.29 is 0 Å². The van der Waals surface area contributed by atoms with Crippen LogP contribution in [0, 0.1) is 5.92 Å². The Hall–Kier alpha value is -0.640. The van der Waals surface area contributed by atoms with Crippen LogP contribution in [0.2, 0.25) is 0 Å². The molecule has 0 bridgehead atoms. The number of halogens is 2. The summed E-state index contributed by atoms with van der Waals surface area (Å²) in [6, 6.07) is 17.4. The van der Waals surface area contributed by atoms with Crippen LogP contribution in [-0.2, 0) is 6.54 Å². The molecule has 0 saturated carbocycles. The minimum absolute atomic E-state index is 0.374. The van der Waals surface area contributed by atoms with E-state index < -0.39 is 0 Å². The maximum Gasteiger partial charge on any atom is 0.0346 e. The van der Waals surface area contributed by atoms with Gasteiger partial charge in [-0.15, -0.1) is 0 Å². The fourth-order valence-electron chi connectivity index (χ4n) is 2.28. The first-order valence-electron chi connectivity index (χ1n) is 6.80. The maximum absolute atomic E-state index is 3.66. The predicted molar refractivity (Wildman–Crippen MR) is 92.7 cm³/mol. The first-order chi connectivity index (χ1) is 9.58. The van der Waals surface area contributed by atoms with Crippen LogP contribution in [0.15, 0.2) is 57.5 Å². The second kappa shape index (κ2) is 7.39. The minimum atomic E-state index is 0.374. The summed E-state index contributed by atoms with van der Waals surface area (Å²) in [6.07, 6.45) is 0. The lowest BCUT2D eigenvalue weighted by atomic mass is 9.96. The Bertz CT molecular complexity index is 552. The molecule has 0 aromatic heterocycles. The van der Waals surface area contributed by atoms with Gasteiger partial charge >= 0.3 is 0 Å². The highest BCUT2D eigenvalue weighted by atomic mass is 79.9. The summed E-state index contributed by atoms with van der Waals surface area (Å²) in [5.41, 5.74) is 2.63. The Morgan fingerprint density at radius 1 is 0.950 bits per heavy atom. The second-order valence-corrected chi connectivity index (χ2v) is 6.97. The van der Waals surface area contributed by atoms with Crippen molar-refractivity contribution in [3.8, 4) is 0 Å². The number of rotatable bonds is 5. The molecule has 0 spiro atoms. The average molecular weight is 397 g/mol. The van der Waals surface area contributed by atoms with Gasteiger partial charge in [0.25, 0.3) is 0 Å². The second-order valence-electron chi connectivity index (χ2n) is 5.26. The van der Waals surface area contributed by atoms with Crippen molar-refractivity contribution in [2.45, 2.75) is 26.4 Å². The molecular formula is C17H19Br2N. The standard InChI is InChI=1S/C17H19Br2N/c1-12(2)17(14-6-4-3-5-7-14)20-11-13-8-9-15(18)16(19)10-13/h3-10,12,17,20H,11H2,1-2H3. The fourth-order valence-corrected chi connectivity index (χ4v) is 2.95. The number of hydrogen-bond donors (Lipinski definition) is 1. The average Bonchev–Trinajstić information content (AvgIpc) is 2.44. The summed E-state index contributed by atoms with van der Waals surface area (Å²) >= 11 is 7.05. The van der Waals surface area contributed by atoms with E-state index in [2.05, 4.69) is 99.6 Å². The van der Waals surface area contributed by atoms with Crippen molar-refractivity contribution in [3.63, 3.8) is 0 Å². The van der Waals surface area contributed by atoms with Gasteiger partial charge in [0.1, 0.15) is 0 Å². The molecule has 2 aromatic carbocycles. The Morgan fingerprint density at radius 2 is 1.65 bits per heavy atom. The highest BCUT2D eigenvalue weighted by Crippen LogP contribution is 2.25. The van der Waals surface area contributed by atoms with Crippen LogP contribution in [-0.4, -0.2) is 0 Å². The minimum Gasteiger partial charge on any atom is -0.306 e. The molecule has 1 atom stereocenters. The smallest absolute Gasteiger partial charge is 0.0346 e. The molecule has 0 aliphatic heterocycles. The molecule has 106 valence electrons. The maximum atomic E-state index is 3.66. The van der Waals surface area contributed by atoms with E-state index in [1.54, 1.807) is 0 Å². The fraction of sp³-hybridized carbons (Fsp3) is 0.294. The lowest BCUT2D eigenvalue weighted by Gasteiger charge is -2.23. The highest BCUT2D eigenvalue weighted by Gasteiger charge is 2.14. The number of nitrogens with one attached hydrogen (secondary N) is 1. The van der Waals surface area contributed by atoms with Crippen LogP contribution in [0.4, 0.5) is 0 Å². The molecular weight excluding hydrogens is 378 g/mol. The van der Waals surface area contributed by atoms with E-state index >= 15 is 0 Å². The summed E-state index contributed by atoms with van der Waals surface area (Å²) in [5, 5.41) is 3.66. The van der Waals surface area contributed by atoms with Gasteiger partial charge in [-0.1, -0.05) is 50.2 Å². The van der Waals surface area contributed by atoms with Crippen molar-refractivity contribution in [3.05, 3.63) is 68.6 Å². The van der Waals surface area contributed by atoms with Gasteiger partial charge in [0.2, 0.25) is 0 Å². The monoisotopic (exact) mass is 395 g/mol. The zero-order valence-corrected chi connectivity index (χ0v) is 14.9. The molecule has 0 fully saturated rings. The van der Waals surface area contributed by atoms with Crippen LogP contribution in [0.1, 0.15) is 31.0 Å². The molecule has 0 amide bonds. The van der Waals surface area contributed by atoms with Gasteiger partial charge in [-0.3, -0.25) is 0 Å². The first-order valence-corrected chi connectivity index (χ1v) is 8.39. The summed E-state index contributed by atoms with van der Waals surface area (Å²) in [6.45, 7) is 5.37. The zero-order valence-electron chi connectivity index (χ0n) is 11.7. The van der Waals surface area contributed by atoms with Crippen LogP contribution < -0.4 is 5.32 Å². The van der Waals surface area contributed by atoms with Crippen LogP contribution in [0.25, 0.3) is 0 Å². The van der Waals surface area contributed by atoms with Gasteiger partial charge in [0.15, 0.2) is 0 Å². The van der Waals surface area contributed by atoms with Gasteiger partial charge in [-0.05, 0) is 61.0 Å². The van der Waals surface area contributed by atoms with E-state index in [1.807, 2.05) is 0 Å². The van der Waals surface area contributed by atoms with E-state index in [0.717, 1.165) is 15.5 Å². The molecule has 0 heterocycles. The first kappa shape index (κ1) is 15.7. The molecule has 0 radical (unpaired) electrons. The molecule has 1 nitrogen and oxygen atoms in total. The summed E-state index contributed by atoms with van der Waals surface area (Å²) in [5.74, 6) is 0.552. The van der Waals surface area contributed by atoms with E-state index in [9.17, 15) is 0 Å². The topological polar surface area (TPSA) is 12.0 Å². The molecule has 3 heteroatoms. The Morgan fingerprint density at radius 3 is 2.25 bits per heavy atom. The van der Waals surface area contributed by atoms with Gasteiger partial charge in [0, 0.05) is 21.5 Å². The third-order valence-electron chi connectivity index (χ3n) is 3.34. The van der Waals surface area contributed by atoms with Crippen molar-refractivity contribution in [1.82, 2.24) is 5.32 Å². The van der Waals surface area contributed by atoms with Gasteiger partial charge in [-0.25, -0.2) is 0 Å². The van der Waals surface area contributed by atoms with Gasteiger partial charge in [0.05, 0.1) is 0 Å². The Balaban J connectivity index is 2.08. The van der Waals surface area contributed by atoms with E-state index in [-0.39, 0.29) is 0 Å². The quantitative estimate of drug-likeness (QED) is 0.683. The highest BCUT2D eigenvalue weighted by molar-refractivity contribution is 9.13. The largest absolute Gasteiger partial charge is 0.306 e. The SMILES string of the molecule is CC(C)C(NCc1ccc(Br)c(Br)c1)c1ccccc1. The lowest BCUT2D eigenvalue weighted by Crippen LogP contribution is -2.25. The van der Waals surface area contributed by atoms with Crippen LogP contribution in [0.5, 0.6) is 0 Å². The van der Waals surface area contributed by atoms with Crippen LogP contribution >= 0.6 is 31.9 Å². The van der Waals surface area contributed by atoms with Gasteiger partial charge < -0.3 is 5.32 Å². The summed E-state index contributed by atoms with van der Waals surface area (Å²) in [4.78, 5) is 0. The summed E-state index contributed by atoms with van der Waals surface area (Å²) in [7, 11) is 0. The van der Waals surface area contributed by atoms with E-state index in [1.165, 1.54) is 11.1 Å². The normalized spacial score (nSPS) is 12.7. The third-order valence-corrected chi connectivity index (χ3v) is 5.22. The number of hydrogen-bond acceptors (Lipinski definition) is 1. The van der Waals surface area contributed by atoms with Crippen molar-refractivity contribution in [2.24, 2.45) is 5.92 Å². The van der Waals surface area contributed by atoms with E-state index in [0.29, 0.717) is 12.0 Å². The molecule has 2 rings (SSSR count). The molecule has 0 aliphatic rings. The van der Waals surface area contributed by atoms with Crippen molar-refractivity contribution in [2.75, 3.05) is 0 Å². The van der Waals surface area contributed by atoms with Gasteiger partial charge in [-0.2, -0.15) is 0 Å². The lowest BCUT2D eigenvalue weighted by molar-refractivity contribution is 0.410. The van der Waals surface area contributed by atoms with Crippen LogP contribution in [0.3, 0.4) is 0 Å². The molecule has 20 heavy (non-hydrogen) atoms. The molecule has 0 saturated heterocycles. The predicted octanol–water partition coefficient (Wildman–Crippen LogP) is 5.70.